The highest BCUT2D eigenvalue weighted by atomic mass is 16.5. The summed E-state index contributed by atoms with van der Waals surface area (Å²) in [6.07, 6.45) is 0. The average molecular weight is 392 g/mol. The summed E-state index contributed by atoms with van der Waals surface area (Å²) in [4.78, 5) is 12.8. The summed E-state index contributed by atoms with van der Waals surface area (Å²) in [5.74, 6) is 1.06. The fraction of sp³-hybridized carbons (Fsp3) is 0.867. The lowest BCUT2D eigenvalue weighted by atomic mass is 10.6. The molecule has 27 heavy (non-hydrogen) atoms. The molecule has 0 aromatic carbocycles. The van der Waals surface area contributed by atoms with Crippen molar-refractivity contribution in [3.05, 3.63) is 0 Å². The van der Waals surface area contributed by atoms with E-state index in [0.717, 1.165) is 0 Å². The second-order valence-corrected chi connectivity index (χ2v) is 5.50. The van der Waals surface area contributed by atoms with Gasteiger partial charge in [0.1, 0.15) is 47.1 Å². The van der Waals surface area contributed by atoms with Gasteiger partial charge in [0.05, 0.1) is 0 Å². The molecule has 12 heteroatoms. The Kier molecular flexibility index (Phi) is 11.8. The van der Waals surface area contributed by atoms with E-state index in [2.05, 4.69) is 4.99 Å². The van der Waals surface area contributed by atoms with E-state index in [1.807, 2.05) is 14.9 Å². The van der Waals surface area contributed by atoms with Crippen molar-refractivity contribution in [1.82, 2.24) is 19.8 Å². The van der Waals surface area contributed by atoms with Crippen LogP contribution in [0.1, 0.15) is 0 Å². The third-order valence-corrected chi connectivity index (χ3v) is 3.38. The molecule has 1 rings (SSSR count). The van der Waals surface area contributed by atoms with Crippen LogP contribution in [0.4, 0.5) is 0 Å². The van der Waals surface area contributed by atoms with E-state index in [1.54, 1.807) is 47.6 Å². The van der Waals surface area contributed by atoms with Crippen molar-refractivity contribution >= 4 is 11.9 Å². The van der Waals surface area contributed by atoms with Crippen molar-refractivity contribution in [2.24, 2.45) is 9.98 Å². The number of nitrogens with zero attached hydrogens (tertiary/aromatic N) is 6. The second-order valence-electron chi connectivity index (χ2n) is 5.50. The molecule has 0 aromatic rings. The fourth-order valence-electron chi connectivity index (χ4n) is 2.40. The van der Waals surface area contributed by atoms with Gasteiger partial charge in [-0.2, -0.15) is 10.0 Å². The van der Waals surface area contributed by atoms with Gasteiger partial charge in [0, 0.05) is 42.7 Å². The van der Waals surface area contributed by atoms with Gasteiger partial charge in [-0.05, 0) is 0 Å². The smallest absolute Gasteiger partial charge is 0.229 e. The van der Waals surface area contributed by atoms with Crippen molar-refractivity contribution in [3.8, 4) is 0 Å². The molecule has 1 aliphatic heterocycles. The number of hydrazine groups is 1. The van der Waals surface area contributed by atoms with Gasteiger partial charge in [-0.1, -0.05) is 0 Å². The highest BCUT2D eigenvalue weighted by molar-refractivity contribution is 5.96. The Labute approximate surface area is 160 Å². The molecule has 0 spiro atoms. The Morgan fingerprint density at radius 1 is 0.704 bits per heavy atom. The highest BCUT2D eigenvalue weighted by Crippen LogP contribution is 2.13. The zero-order valence-corrected chi connectivity index (χ0v) is 17.1. The molecule has 12 nitrogen and oxygen atoms in total. The molecule has 0 fully saturated rings. The van der Waals surface area contributed by atoms with Crippen LogP contribution < -0.4 is 0 Å². The standard InChI is InChI=1S/C15H32N6O6/c1-22-8-18(9-23-2)14-16-7-21(20(12-26-5)13-27-6)15(17-14)19(10-24-3)11-25-4/h7-13H2,1-6H3. The Morgan fingerprint density at radius 3 is 1.59 bits per heavy atom. The molecule has 0 aromatic heterocycles. The maximum absolute atomic E-state index is 5.30. The minimum atomic E-state index is 0.277. The predicted molar refractivity (Wildman–Crippen MR) is 98.3 cm³/mol. The zero-order chi connectivity index (χ0) is 20.1. The number of aliphatic imine (C=N–C) groups is 2. The molecule has 1 heterocycles. The van der Waals surface area contributed by atoms with Crippen molar-refractivity contribution < 1.29 is 28.4 Å². The highest BCUT2D eigenvalue weighted by Gasteiger charge is 2.29. The van der Waals surface area contributed by atoms with Crippen LogP contribution in [0, 0.1) is 0 Å². The molecular formula is C15H32N6O6. The molecule has 0 unspecified atom stereocenters. The topological polar surface area (TPSA) is 93.1 Å². The summed E-state index contributed by atoms with van der Waals surface area (Å²) >= 11 is 0. The van der Waals surface area contributed by atoms with Crippen LogP contribution in [-0.2, 0) is 28.4 Å². The summed E-state index contributed by atoms with van der Waals surface area (Å²) in [6.45, 7) is 2.03. The first-order valence-corrected chi connectivity index (χ1v) is 8.25. The summed E-state index contributed by atoms with van der Waals surface area (Å²) < 4.78 is 31.6. The predicted octanol–water partition coefficient (Wildman–Crippen LogP) is -0.584. The molecule has 0 saturated carbocycles. The molecule has 0 N–H and O–H groups in total. The third kappa shape index (κ3) is 7.18. The van der Waals surface area contributed by atoms with Crippen LogP contribution >= 0.6 is 0 Å². The van der Waals surface area contributed by atoms with E-state index in [1.165, 1.54) is 0 Å². The SMILES string of the molecule is COCN(COC)C1=NCN(N(COC)COC)C(N(COC)COC)=N1. The van der Waals surface area contributed by atoms with E-state index >= 15 is 0 Å². The van der Waals surface area contributed by atoms with Gasteiger partial charge in [-0.3, -0.25) is 9.80 Å². The molecule has 0 bridgehead atoms. The summed E-state index contributed by atoms with van der Waals surface area (Å²) in [6, 6.07) is 0. The quantitative estimate of drug-likeness (QED) is 0.379. The second kappa shape index (κ2) is 13.6. The van der Waals surface area contributed by atoms with E-state index in [0.29, 0.717) is 32.0 Å². The van der Waals surface area contributed by atoms with Gasteiger partial charge in [-0.15, -0.1) is 0 Å². The van der Waals surface area contributed by atoms with Crippen molar-refractivity contribution in [2.75, 3.05) is 89.7 Å². The number of hydrogen-bond donors (Lipinski definition) is 0. The molecule has 1 aliphatic rings. The maximum Gasteiger partial charge on any atom is 0.229 e. The minimum Gasteiger partial charge on any atom is -0.368 e. The van der Waals surface area contributed by atoms with E-state index < -0.39 is 0 Å². The van der Waals surface area contributed by atoms with Gasteiger partial charge in [0.2, 0.25) is 11.9 Å². The molecule has 0 aliphatic carbocycles. The monoisotopic (exact) mass is 392 g/mol. The van der Waals surface area contributed by atoms with Gasteiger partial charge < -0.3 is 28.4 Å². The summed E-state index contributed by atoms with van der Waals surface area (Å²) in [5.41, 5.74) is 0. The number of ether oxygens (including phenoxy) is 6. The van der Waals surface area contributed by atoms with Gasteiger partial charge >= 0.3 is 0 Å². The Balaban J connectivity index is 3.20. The molecular weight excluding hydrogens is 360 g/mol. The van der Waals surface area contributed by atoms with Crippen LogP contribution in [0.5, 0.6) is 0 Å². The lowest BCUT2D eigenvalue weighted by Gasteiger charge is -2.40. The van der Waals surface area contributed by atoms with E-state index in [9.17, 15) is 0 Å². The maximum atomic E-state index is 5.30. The Hall–Kier alpha value is -1.54. The molecule has 0 radical (unpaired) electrons. The van der Waals surface area contributed by atoms with Crippen molar-refractivity contribution in [2.45, 2.75) is 0 Å². The van der Waals surface area contributed by atoms with Crippen LogP contribution in [0.15, 0.2) is 9.98 Å². The summed E-state index contributed by atoms with van der Waals surface area (Å²) in [7, 11) is 9.64. The van der Waals surface area contributed by atoms with E-state index in [-0.39, 0.29) is 26.9 Å². The number of methoxy groups -OCH3 is 6. The van der Waals surface area contributed by atoms with Gasteiger partial charge in [0.15, 0.2) is 0 Å². The Bertz CT molecular complexity index is 448. The average Bonchev–Trinajstić information content (AvgIpc) is 2.67. The van der Waals surface area contributed by atoms with E-state index in [4.69, 9.17) is 33.4 Å². The molecule has 0 saturated heterocycles. The van der Waals surface area contributed by atoms with Crippen molar-refractivity contribution in [3.63, 3.8) is 0 Å². The van der Waals surface area contributed by atoms with Crippen LogP contribution in [0.25, 0.3) is 0 Å². The first-order chi connectivity index (χ1) is 13.2. The van der Waals surface area contributed by atoms with Crippen LogP contribution in [-0.4, -0.2) is 121 Å². The minimum absolute atomic E-state index is 0.277. The Morgan fingerprint density at radius 2 is 1.15 bits per heavy atom. The van der Waals surface area contributed by atoms with Crippen molar-refractivity contribution in [1.29, 1.82) is 0 Å². The van der Waals surface area contributed by atoms with Gasteiger partial charge in [-0.25, -0.2) is 10.0 Å². The normalized spacial score (nSPS) is 14.4. The number of rotatable bonds is 13. The zero-order valence-electron chi connectivity index (χ0n) is 17.1. The molecule has 0 amide bonds. The van der Waals surface area contributed by atoms with Crippen LogP contribution in [0.2, 0.25) is 0 Å². The van der Waals surface area contributed by atoms with Crippen LogP contribution in [0.3, 0.4) is 0 Å². The lowest BCUT2D eigenvalue weighted by molar-refractivity contribution is -0.119. The molecule has 158 valence electrons. The lowest BCUT2D eigenvalue weighted by Crippen LogP contribution is -2.57. The summed E-state index contributed by atoms with van der Waals surface area (Å²) in [5, 5.41) is 3.67. The number of hydrogen-bond acceptors (Lipinski definition) is 12. The largest absolute Gasteiger partial charge is 0.368 e. The first kappa shape index (κ1) is 23.5. The van der Waals surface area contributed by atoms with Gasteiger partial charge in [0.25, 0.3) is 0 Å². The first-order valence-electron chi connectivity index (χ1n) is 8.25. The third-order valence-electron chi connectivity index (χ3n) is 3.38. The molecule has 0 atom stereocenters. The number of guanidine groups is 2. The fourth-order valence-corrected chi connectivity index (χ4v) is 2.40.